The van der Waals surface area contributed by atoms with Gasteiger partial charge in [-0.2, -0.15) is 0 Å². The number of aliphatic hydroxyl groups excluding tert-OH is 1. The number of hydrogen-bond donors (Lipinski definition) is 1. The van der Waals surface area contributed by atoms with Crippen molar-refractivity contribution < 1.29 is 13.9 Å². The predicted molar refractivity (Wildman–Crippen MR) is 70.0 cm³/mol. The predicted octanol–water partition coefficient (Wildman–Crippen LogP) is 3.95. The zero-order chi connectivity index (χ0) is 13.8. The first-order valence-corrected chi connectivity index (χ1v) is 6.68. The van der Waals surface area contributed by atoms with Crippen molar-refractivity contribution in [2.24, 2.45) is 0 Å². The zero-order valence-corrected chi connectivity index (χ0v) is 11.1. The van der Waals surface area contributed by atoms with Crippen LogP contribution in [0.4, 0.5) is 8.78 Å². The molecule has 0 aliphatic carbocycles. The maximum Gasteiger partial charge on any atom is 0.140 e. The highest BCUT2D eigenvalue weighted by Gasteiger charge is 2.08. The molecule has 1 heterocycles. The summed E-state index contributed by atoms with van der Waals surface area (Å²) in [6.07, 6.45) is 1.58. The van der Waals surface area contributed by atoms with E-state index in [4.69, 9.17) is 0 Å². The van der Waals surface area contributed by atoms with Crippen LogP contribution in [0.25, 0.3) is 0 Å². The quantitative estimate of drug-likeness (QED) is 0.921. The third kappa shape index (κ3) is 3.52. The molecule has 2 rings (SSSR count). The maximum absolute atomic E-state index is 13.5. The van der Waals surface area contributed by atoms with E-state index in [-0.39, 0.29) is 0 Å². The largest absolute Gasteiger partial charge is 0.387 e. The lowest BCUT2D eigenvalue weighted by molar-refractivity contribution is 0.169. The van der Waals surface area contributed by atoms with Crippen LogP contribution in [0.15, 0.2) is 46.3 Å². The average molecular weight is 281 g/mol. The van der Waals surface area contributed by atoms with E-state index >= 15 is 0 Å². The number of aromatic nitrogens is 1. The van der Waals surface area contributed by atoms with E-state index in [1.54, 1.807) is 18.3 Å². The molecule has 1 aromatic heterocycles. The summed E-state index contributed by atoms with van der Waals surface area (Å²) < 4.78 is 26.3. The van der Waals surface area contributed by atoms with Crippen molar-refractivity contribution in [3.05, 3.63) is 53.9 Å². The number of hydrogen-bond acceptors (Lipinski definition) is 3. The highest BCUT2D eigenvalue weighted by atomic mass is 32.2. The van der Waals surface area contributed by atoms with E-state index in [1.165, 1.54) is 23.9 Å². The molecule has 0 saturated carbocycles. The summed E-state index contributed by atoms with van der Waals surface area (Å²) in [5.74, 6) is -1.19. The Morgan fingerprint density at radius 3 is 2.63 bits per heavy atom. The molecule has 0 amide bonds. The number of pyridine rings is 1. The highest BCUT2D eigenvalue weighted by Crippen LogP contribution is 2.30. The Balaban J connectivity index is 2.15. The molecule has 0 saturated heterocycles. The summed E-state index contributed by atoms with van der Waals surface area (Å²) >= 11 is 1.17. The second-order valence-corrected chi connectivity index (χ2v) is 5.13. The van der Waals surface area contributed by atoms with Crippen LogP contribution in [0.3, 0.4) is 0 Å². The lowest BCUT2D eigenvalue weighted by atomic mass is 10.2. The van der Waals surface area contributed by atoms with Gasteiger partial charge >= 0.3 is 0 Å². The van der Waals surface area contributed by atoms with E-state index in [0.29, 0.717) is 17.0 Å². The minimum absolute atomic E-state index is 0.340. The Labute approximate surface area is 114 Å². The van der Waals surface area contributed by atoms with Gasteiger partial charge in [0, 0.05) is 22.1 Å². The Hall–Kier alpha value is -1.46. The minimum Gasteiger partial charge on any atom is -0.387 e. The molecule has 0 aliphatic rings. The molecular formula is C14H13F2NOS. The summed E-state index contributed by atoms with van der Waals surface area (Å²) in [6, 6.07) is 6.93. The first kappa shape index (κ1) is 14.0. The van der Waals surface area contributed by atoms with Crippen LogP contribution in [0.2, 0.25) is 0 Å². The van der Waals surface area contributed by atoms with Crippen LogP contribution in [-0.2, 0) is 0 Å². The molecule has 0 unspecified atom stereocenters. The Bertz CT molecular complexity index is 560. The van der Waals surface area contributed by atoms with Gasteiger partial charge in [-0.15, -0.1) is 0 Å². The molecule has 5 heteroatoms. The van der Waals surface area contributed by atoms with Crippen molar-refractivity contribution >= 4 is 11.8 Å². The number of rotatable bonds is 4. The molecule has 1 N–H and O–H groups in total. The van der Waals surface area contributed by atoms with Crippen molar-refractivity contribution in [3.63, 3.8) is 0 Å². The third-order valence-electron chi connectivity index (χ3n) is 2.61. The summed E-state index contributed by atoms with van der Waals surface area (Å²) in [6.45, 7) is 1.86. The Morgan fingerprint density at radius 2 is 2.05 bits per heavy atom. The van der Waals surface area contributed by atoms with Crippen LogP contribution in [0.1, 0.15) is 25.1 Å². The van der Waals surface area contributed by atoms with E-state index in [0.717, 1.165) is 11.0 Å². The summed E-state index contributed by atoms with van der Waals surface area (Å²) in [7, 11) is 0. The molecule has 1 atom stereocenters. The molecule has 0 fully saturated rings. The molecule has 2 nitrogen and oxygen atoms in total. The monoisotopic (exact) mass is 281 g/mol. The first-order chi connectivity index (χ1) is 9.10. The van der Waals surface area contributed by atoms with Crippen molar-refractivity contribution in [3.8, 4) is 0 Å². The van der Waals surface area contributed by atoms with Crippen LogP contribution < -0.4 is 0 Å². The minimum atomic E-state index is -0.596. The molecule has 100 valence electrons. The smallest absolute Gasteiger partial charge is 0.140 e. The van der Waals surface area contributed by atoms with E-state index < -0.39 is 17.7 Å². The molecule has 2 aromatic rings. The molecule has 0 radical (unpaired) electrons. The van der Waals surface area contributed by atoms with Crippen molar-refractivity contribution in [1.82, 2.24) is 4.98 Å². The summed E-state index contributed by atoms with van der Waals surface area (Å²) in [5.41, 5.74) is 0.589. The number of aliphatic hydroxyl groups is 1. The van der Waals surface area contributed by atoms with Crippen LogP contribution >= 0.6 is 11.8 Å². The topological polar surface area (TPSA) is 33.1 Å². The van der Waals surface area contributed by atoms with E-state index in [1.807, 2.05) is 6.92 Å². The van der Waals surface area contributed by atoms with Crippen LogP contribution in [0.5, 0.6) is 0 Å². The molecule has 0 bridgehead atoms. The van der Waals surface area contributed by atoms with Gasteiger partial charge in [0.05, 0.1) is 11.8 Å². The zero-order valence-electron chi connectivity index (χ0n) is 10.3. The molecule has 0 spiro atoms. The van der Waals surface area contributed by atoms with Gasteiger partial charge in [0.15, 0.2) is 0 Å². The van der Waals surface area contributed by atoms with Gasteiger partial charge in [0.25, 0.3) is 0 Å². The fraction of sp³-hybridized carbons (Fsp3) is 0.214. The third-order valence-corrected chi connectivity index (χ3v) is 3.64. The molecule has 19 heavy (non-hydrogen) atoms. The highest BCUT2D eigenvalue weighted by molar-refractivity contribution is 7.99. The van der Waals surface area contributed by atoms with Gasteiger partial charge < -0.3 is 5.11 Å². The Kier molecular flexibility index (Phi) is 4.50. The van der Waals surface area contributed by atoms with E-state index in [9.17, 15) is 13.9 Å². The number of halogens is 2. The van der Waals surface area contributed by atoms with Crippen molar-refractivity contribution in [2.75, 3.05) is 0 Å². The fourth-order valence-corrected chi connectivity index (χ4v) is 2.33. The second-order valence-electron chi connectivity index (χ2n) is 4.02. The van der Waals surface area contributed by atoms with Gasteiger partial charge in [-0.3, -0.25) is 4.98 Å². The van der Waals surface area contributed by atoms with Gasteiger partial charge in [-0.25, -0.2) is 8.78 Å². The molecular weight excluding hydrogens is 268 g/mol. The van der Waals surface area contributed by atoms with Gasteiger partial charge in [0.1, 0.15) is 11.6 Å². The number of nitrogens with zero attached hydrogens (tertiary/aromatic N) is 1. The van der Waals surface area contributed by atoms with Crippen LogP contribution in [0, 0.1) is 11.6 Å². The van der Waals surface area contributed by atoms with Crippen LogP contribution in [-0.4, -0.2) is 10.1 Å². The lowest BCUT2D eigenvalue weighted by Gasteiger charge is -2.08. The van der Waals surface area contributed by atoms with Crippen molar-refractivity contribution in [1.29, 1.82) is 0 Å². The van der Waals surface area contributed by atoms with Gasteiger partial charge in [-0.05, 0) is 30.7 Å². The molecule has 0 aliphatic heterocycles. The SMILES string of the molecule is CC[C@H](O)c1ccc(Sc2ccc(F)cc2F)cn1. The summed E-state index contributed by atoms with van der Waals surface area (Å²) in [4.78, 5) is 5.20. The number of benzene rings is 1. The Morgan fingerprint density at radius 1 is 1.26 bits per heavy atom. The summed E-state index contributed by atoms with van der Waals surface area (Å²) in [5, 5.41) is 9.61. The molecule has 1 aromatic carbocycles. The second kappa shape index (κ2) is 6.12. The lowest BCUT2D eigenvalue weighted by Crippen LogP contribution is -1.97. The van der Waals surface area contributed by atoms with Gasteiger partial charge in [0.2, 0.25) is 0 Å². The first-order valence-electron chi connectivity index (χ1n) is 5.87. The van der Waals surface area contributed by atoms with E-state index in [2.05, 4.69) is 4.98 Å². The van der Waals surface area contributed by atoms with Gasteiger partial charge in [-0.1, -0.05) is 18.7 Å². The maximum atomic E-state index is 13.5. The average Bonchev–Trinajstić information content (AvgIpc) is 2.42. The standard InChI is InChI=1S/C14H13F2NOS/c1-2-13(18)12-5-4-10(8-17-12)19-14-6-3-9(15)7-11(14)16/h3-8,13,18H,2H2,1H3/t13-/m0/s1. The fourth-order valence-electron chi connectivity index (χ4n) is 1.54. The normalized spacial score (nSPS) is 12.4. The van der Waals surface area contributed by atoms with Crippen molar-refractivity contribution in [2.45, 2.75) is 29.2 Å².